The molecule has 0 radical (unpaired) electrons. The van der Waals surface area contributed by atoms with Crippen LogP contribution in [0, 0.1) is 63.6 Å². The molecular weight excluding hydrogens is 376 g/mol. The Morgan fingerprint density at radius 2 is 1.55 bits per heavy atom. The molecule has 0 aliphatic heterocycles. The van der Waals surface area contributed by atoms with Gasteiger partial charge >= 0.3 is 0 Å². The van der Waals surface area contributed by atoms with Crippen molar-refractivity contribution < 1.29 is 5.11 Å². The van der Waals surface area contributed by atoms with Crippen LogP contribution < -0.4 is 0 Å². The van der Waals surface area contributed by atoms with Gasteiger partial charge in [0, 0.05) is 0 Å². The summed E-state index contributed by atoms with van der Waals surface area (Å²) in [6.45, 7) is 17.9. The van der Waals surface area contributed by atoms with E-state index in [1.807, 2.05) is 5.57 Å². The molecule has 0 saturated heterocycles. The fourth-order valence-corrected chi connectivity index (χ4v) is 10.2. The highest BCUT2D eigenvalue weighted by Crippen LogP contribution is 2.71. The Labute approximate surface area is 192 Å². The van der Waals surface area contributed by atoms with Crippen LogP contribution in [0.4, 0.5) is 0 Å². The lowest BCUT2D eigenvalue weighted by molar-refractivity contribution is -0.0436. The molecule has 1 heteroatoms. The van der Waals surface area contributed by atoms with E-state index in [1.165, 1.54) is 44.9 Å². The van der Waals surface area contributed by atoms with Gasteiger partial charge in [-0.25, -0.2) is 0 Å². The van der Waals surface area contributed by atoms with Crippen LogP contribution in [0.25, 0.3) is 0 Å². The van der Waals surface area contributed by atoms with Gasteiger partial charge in [0.15, 0.2) is 0 Å². The lowest BCUT2D eigenvalue weighted by Gasteiger charge is -2.58. The Morgan fingerprint density at radius 3 is 2.26 bits per heavy atom. The van der Waals surface area contributed by atoms with E-state index in [0.29, 0.717) is 16.2 Å². The molecule has 0 amide bonds. The summed E-state index contributed by atoms with van der Waals surface area (Å²) in [5, 5.41) is 10.3. The second kappa shape index (κ2) is 7.35. The molecule has 31 heavy (non-hydrogen) atoms. The number of fused-ring (bicyclic) bond motifs is 5. The minimum absolute atomic E-state index is 0.0420. The number of allylic oxidation sites excluding steroid dienone is 2. The van der Waals surface area contributed by atoms with E-state index in [1.54, 1.807) is 0 Å². The molecule has 1 nitrogen and oxygen atoms in total. The Kier molecular flexibility index (Phi) is 5.33. The van der Waals surface area contributed by atoms with E-state index in [4.69, 9.17) is 0 Å². The highest BCUT2D eigenvalue weighted by molar-refractivity contribution is 5.28. The van der Waals surface area contributed by atoms with Crippen molar-refractivity contribution in [3.8, 4) is 0 Å². The van der Waals surface area contributed by atoms with Crippen LogP contribution in [0.3, 0.4) is 0 Å². The predicted molar refractivity (Wildman–Crippen MR) is 131 cm³/mol. The Morgan fingerprint density at radius 1 is 0.871 bits per heavy atom. The summed E-state index contributed by atoms with van der Waals surface area (Å²) in [5.74, 6) is 6.77. The Balaban J connectivity index is 1.36. The molecule has 0 bridgehead atoms. The van der Waals surface area contributed by atoms with Gasteiger partial charge in [-0.15, -0.1) is 0 Å². The third-order valence-corrected chi connectivity index (χ3v) is 12.8. The van der Waals surface area contributed by atoms with Crippen molar-refractivity contribution >= 4 is 0 Å². The molecule has 1 N–H and O–H groups in total. The van der Waals surface area contributed by atoms with E-state index in [0.717, 1.165) is 60.2 Å². The minimum atomic E-state index is -0.0420. The lowest BCUT2D eigenvalue weighted by atomic mass is 9.47. The molecule has 176 valence electrons. The summed E-state index contributed by atoms with van der Waals surface area (Å²) < 4.78 is 0. The van der Waals surface area contributed by atoms with Gasteiger partial charge in [0.2, 0.25) is 0 Å². The third-order valence-electron chi connectivity index (χ3n) is 12.8. The topological polar surface area (TPSA) is 20.2 Å². The largest absolute Gasteiger partial charge is 0.393 e. The molecule has 4 saturated carbocycles. The first kappa shape index (κ1) is 22.5. The summed E-state index contributed by atoms with van der Waals surface area (Å²) >= 11 is 0. The monoisotopic (exact) mass is 426 g/mol. The number of rotatable bonds is 4. The summed E-state index contributed by atoms with van der Waals surface area (Å²) in [6, 6.07) is 0. The van der Waals surface area contributed by atoms with Gasteiger partial charge < -0.3 is 5.11 Å². The van der Waals surface area contributed by atoms with Crippen molar-refractivity contribution in [3.63, 3.8) is 0 Å². The van der Waals surface area contributed by atoms with Crippen molar-refractivity contribution in [2.24, 2.45) is 63.6 Å². The van der Waals surface area contributed by atoms with Crippen LogP contribution in [0.15, 0.2) is 11.6 Å². The molecule has 0 spiro atoms. The van der Waals surface area contributed by atoms with E-state index < -0.39 is 0 Å². The molecule has 5 aliphatic carbocycles. The molecular formula is C30H50O. The lowest BCUT2D eigenvalue weighted by Crippen LogP contribution is -2.50. The fourth-order valence-electron chi connectivity index (χ4n) is 10.2. The molecule has 11 unspecified atom stereocenters. The SMILES string of the molecule is CC(C)C(C)C1(C)CC1C(C)C1CCC2C3=CCC4CC(O)CCC4(C)C3CCC21C. The fraction of sp³-hybridized carbons (Fsp3) is 0.933. The zero-order chi connectivity index (χ0) is 22.3. The van der Waals surface area contributed by atoms with Gasteiger partial charge in [-0.1, -0.05) is 60.1 Å². The molecule has 11 atom stereocenters. The van der Waals surface area contributed by atoms with E-state index in [9.17, 15) is 5.11 Å². The average molecular weight is 427 g/mol. The summed E-state index contributed by atoms with van der Waals surface area (Å²) in [7, 11) is 0. The normalized spacial score (nSPS) is 53.3. The maximum Gasteiger partial charge on any atom is 0.0543 e. The molecule has 0 heterocycles. The van der Waals surface area contributed by atoms with Crippen LogP contribution >= 0.6 is 0 Å². The van der Waals surface area contributed by atoms with E-state index in [2.05, 4.69) is 54.5 Å². The smallest absolute Gasteiger partial charge is 0.0543 e. The summed E-state index contributed by atoms with van der Waals surface area (Å²) in [4.78, 5) is 0. The van der Waals surface area contributed by atoms with Crippen LogP contribution in [-0.4, -0.2) is 11.2 Å². The molecule has 0 aromatic heterocycles. The number of hydrogen-bond donors (Lipinski definition) is 1. The van der Waals surface area contributed by atoms with Crippen molar-refractivity contribution in [1.29, 1.82) is 0 Å². The maximum absolute atomic E-state index is 10.3. The van der Waals surface area contributed by atoms with Gasteiger partial charge in [-0.3, -0.25) is 0 Å². The van der Waals surface area contributed by atoms with Crippen molar-refractivity contribution in [3.05, 3.63) is 11.6 Å². The molecule has 5 aliphatic rings. The molecule has 0 aromatic rings. The van der Waals surface area contributed by atoms with E-state index in [-0.39, 0.29) is 6.10 Å². The first-order chi connectivity index (χ1) is 14.5. The van der Waals surface area contributed by atoms with Crippen molar-refractivity contribution in [2.45, 2.75) is 112 Å². The van der Waals surface area contributed by atoms with Crippen molar-refractivity contribution in [1.82, 2.24) is 0 Å². The van der Waals surface area contributed by atoms with E-state index >= 15 is 0 Å². The standard InChI is InChI=1S/C30H50O/c1-18(2)20(4)30(7)17-27(30)19(3)24-10-11-25-23-9-8-21-16-22(31)12-14-28(21,5)26(23)13-15-29(24,25)6/h9,18-22,24-27,31H,8,10-17H2,1-7H3. The first-order valence-corrected chi connectivity index (χ1v) is 13.9. The van der Waals surface area contributed by atoms with Crippen LogP contribution in [0.1, 0.15) is 106 Å². The van der Waals surface area contributed by atoms with Crippen molar-refractivity contribution in [2.75, 3.05) is 0 Å². The van der Waals surface area contributed by atoms with Crippen LogP contribution in [-0.2, 0) is 0 Å². The van der Waals surface area contributed by atoms with Gasteiger partial charge in [-0.05, 0) is 121 Å². The van der Waals surface area contributed by atoms with Crippen LogP contribution in [0.5, 0.6) is 0 Å². The molecule has 4 fully saturated rings. The highest BCUT2D eigenvalue weighted by Gasteiger charge is 2.63. The Bertz CT molecular complexity index is 737. The average Bonchev–Trinajstić information content (AvgIpc) is 3.29. The third kappa shape index (κ3) is 3.18. The van der Waals surface area contributed by atoms with Gasteiger partial charge in [0.05, 0.1) is 6.10 Å². The Hall–Kier alpha value is -0.300. The summed E-state index contributed by atoms with van der Waals surface area (Å²) in [6.07, 6.45) is 14.5. The maximum atomic E-state index is 10.3. The quantitative estimate of drug-likeness (QED) is 0.453. The minimum Gasteiger partial charge on any atom is -0.393 e. The zero-order valence-corrected chi connectivity index (χ0v) is 21.6. The zero-order valence-electron chi connectivity index (χ0n) is 21.6. The molecule has 0 aromatic carbocycles. The highest BCUT2D eigenvalue weighted by atomic mass is 16.3. The van der Waals surface area contributed by atoms with Gasteiger partial charge in [0.25, 0.3) is 0 Å². The molecule has 5 rings (SSSR count). The second-order valence-corrected chi connectivity index (χ2v) is 14.1. The summed E-state index contributed by atoms with van der Waals surface area (Å²) in [5.41, 5.74) is 3.46. The number of hydrogen-bond acceptors (Lipinski definition) is 1. The van der Waals surface area contributed by atoms with Gasteiger partial charge in [-0.2, -0.15) is 0 Å². The first-order valence-electron chi connectivity index (χ1n) is 13.9. The van der Waals surface area contributed by atoms with Gasteiger partial charge in [0.1, 0.15) is 0 Å². The predicted octanol–water partition coefficient (Wildman–Crippen LogP) is 7.88. The second-order valence-electron chi connectivity index (χ2n) is 14.1. The number of aliphatic hydroxyl groups is 1. The number of aliphatic hydroxyl groups excluding tert-OH is 1. The van der Waals surface area contributed by atoms with Crippen LogP contribution in [0.2, 0.25) is 0 Å².